The Morgan fingerprint density at radius 3 is 1.96 bits per heavy atom. The Hall–Kier alpha value is -2.06. The summed E-state index contributed by atoms with van der Waals surface area (Å²) in [5, 5.41) is 8.78. The molecule has 0 fully saturated rings. The minimum Gasteiger partial charge on any atom is -0.293 e. The summed E-state index contributed by atoms with van der Waals surface area (Å²) in [7, 11) is 0. The van der Waals surface area contributed by atoms with Crippen molar-refractivity contribution in [1.29, 1.82) is 5.26 Å². The van der Waals surface area contributed by atoms with Gasteiger partial charge in [0, 0.05) is 16.2 Å². The molecule has 0 aliphatic rings. The number of hydrogen-bond donors (Lipinski definition) is 0. The van der Waals surface area contributed by atoms with Crippen LogP contribution in [0.1, 0.15) is 61.3 Å². The highest BCUT2D eigenvalue weighted by molar-refractivity contribution is 6.43. The lowest BCUT2D eigenvalue weighted by atomic mass is 9.81. The first-order valence-electron chi connectivity index (χ1n) is 9.00. The molecule has 4 nitrogen and oxygen atoms in total. The van der Waals surface area contributed by atoms with E-state index in [-0.39, 0.29) is 17.2 Å². The molecule has 28 heavy (non-hydrogen) atoms. The third kappa shape index (κ3) is 7.52. The van der Waals surface area contributed by atoms with E-state index in [0.29, 0.717) is 12.1 Å². The maximum atomic E-state index is 14.1. The van der Waals surface area contributed by atoms with E-state index >= 15 is 0 Å². The summed E-state index contributed by atoms with van der Waals surface area (Å²) in [6.07, 6.45) is 6.36. The molecule has 6 heteroatoms. The fourth-order valence-electron chi connectivity index (χ4n) is 2.28. The molecular weight excluding hydrogens is 379 g/mol. The normalized spacial score (nSPS) is 14.5. The zero-order valence-corrected chi connectivity index (χ0v) is 18.6. The number of halogens is 2. The van der Waals surface area contributed by atoms with Gasteiger partial charge in [-0.2, -0.15) is 10.3 Å². The number of nitriles is 1. The van der Waals surface area contributed by atoms with E-state index in [1.807, 2.05) is 13.8 Å². The minimum atomic E-state index is -0.977. The third-order valence-corrected chi connectivity index (χ3v) is 4.70. The Balaban J connectivity index is 5.37. The van der Waals surface area contributed by atoms with Crippen molar-refractivity contribution in [2.45, 2.75) is 61.3 Å². The monoisotopic (exact) mass is 408 g/mol. The van der Waals surface area contributed by atoms with Crippen LogP contribution in [0, 0.1) is 27.7 Å². The van der Waals surface area contributed by atoms with Crippen LogP contribution in [0.5, 0.6) is 0 Å². The van der Waals surface area contributed by atoms with E-state index < -0.39 is 27.9 Å². The zero-order valence-electron chi connectivity index (χ0n) is 17.8. The number of hydrogen-bond acceptors (Lipinski definition) is 4. The average Bonchev–Trinajstić information content (AvgIpc) is 2.59. The molecule has 0 aromatic heterocycles. The topological polar surface area (TPSA) is 70.3 Å². The molecule has 0 saturated heterocycles. The van der Waals surface area contributed by atoms with Crippen LogP contribution >= 0.6 is 11.6 Å². The molecule has 0 N–H and O–H groups in total. The summed E-state index contributed by atoms with van der Waals surface area (Å²) < 4.78 is 14.1. The Morgan fingerprint density at radius 2 is 1.54 bits per heavy atom. The molecule has 0 bridgehead atoms. The predicted octanol–water partition coefficient (Wildman–Crippen LogP) is 6.09. The highest BCUT2D eigenvalue weighted by Crippen LogP contribution is 2.32. The van der Waals surface area contributed by atoms with Gasteiger partial charge in [0.25, 0.3) is 0 Å². The Labute approximate surface area is 172 Å². The molecular formula is C22H30ClFN2O2. The highest BCUT2D eigenvalue weighted by Gasteiger charge is 2.31. The van der Waals surface area contributed by atoms with Gasteiger partial charge < -0.3 is 0 Å². The second-order valence-electron chi connectivity index (χ2n) is 8.99. The second kappa shape index (κ2) is 9.93. The van der Waals surface area contributed by atoms with Crippen molar-refractivity contribution in [2.75, 3.05) is 0 Å². The van der Waals surface area contributed by atoms with Crippen LogP contribution < -0.4 is 0 Å². The van der Waals surface area contributed by atoms with Crippen molar-refractivity contribution in [3.63, 3.8) is 0 Å². The smallest absolute Gasteiger partial charge is 0.205 e. The van der Waals surface area contributed by atoms with Gasteiger partial charge in [-0.05, 0) is 25.0 Å². The van der Waals surface area contributed by atoms with Gasteiger partial charge in [-0.15, -0.1) is 0 Å². The lowest BCUT2D eigenvalue weighted by Crippen LogP contribution is -2.26. The summed E-state index contributed by atoms with van der Waals surface area (Å²) in [4.78, 5) is 28.4. The first kappa shape index (κ1) is 25.9. The number of aliphatic imine (C=N–C) groups is 1. The van der Waals surface area contributed by atoms with Gasteiger partial charge in [0.2, 0.25) is 6.19 Å². The van der Waals surface area contributed by atoms with Gasteiger partial charge in [0.15, 0.2) is 17.4 Å². The quantitative estimate of drug-likeness (QED) is 0.263. The lowest BCUT2D eigenvalue weighted by Gasteiger charge is -2.24. The van der Waals surface area contributed by atoms with E-state index in [2.05, 4.69) is 11.6 Å². The maximum absolute atomic E-state index is 14.1. The summed E-state index contributed by atoms with van der Waals surface area (Å²) >= 11 is 6.20. The molecule has 0 heterocycles. The molecule has 154 valence electrons. The third-order valence-electron chi connectivity index (χ3n) is 4.37. The molecule has 0 atom stereocenters. The predicted molar refractivity (Wildman–Crippen MR) is 113 cm³/mol. The van der Waals surface area contributed by atoms with Gasteiger partial charge in [0.05, 0.1) is 10.7 Å². The van der Waals surface area contributed by atoms with Crippen molar-refractivity contribution in [1.82, 2.24) is 0 Å². The number of carbonyl (C=O) groups excluding carboxylic acids is 2. The molecule has 0 aromatic carbocycles. The molecule has 0 saturated carbocycles. The van der Waals surface area contributed by atoms with E-state index in [0.717, 1.165) is 6.08 Å². The Morgan fingerprint density at radius 1 is 1.04 bits per heavy atom. The van der Waals surface area contributed by atoms with Crippen LogP contribution in [0.2, 0.25) is 0 Å². The van der Waals surface area contributed by atoms with E-state index in [9.17, 15) is 14.0 Å². The van der Waals surface area contributed by atoms with E-state index in [1.54, 1.807) is 46.9 Å². The first-order chi connectivity index (χ1) is 12.6. The number of rotatable bonds is 9. The highest BCUT2D eigenvalue weighted by atomic mass is 35.5. The maximum Gasteiger partial charge on any atom is 0.205 e. The zero-order chi connectivity index (χ0) is 22.3. The van der Waals surface area contributed by atoms with E-state index in [1.165, 1.54) is 6.08 Å². The van der Waals surface area contributed by atoms with Crippen LogP contribution in [-0.2, 0) is 9.59 Å². The van der Waals surface area contributed by atoms with Crippen LogP contribution in [0.3, 0.4) is 0 Å². The Bertz CT molecular complexity index is 760. The fourth-order valence-corrected chi connectivity index (χ4v) is 2.61. The summed E-state index contributed by atoms with van der Waals surface area (Å²) in [6, 6.07) is 0. The summed E-state index contributed by atoms with van der Waals surface area (Å²) in [5.41, 5.74) is -1.85. The van der Waals surface area contributed by atoms with Crippen LogP contribution in [-0.4, -0.2) is 17.3 Å². The summed E-state index contributed by atoms with van der Waals surface area (Å²) in [6.45, 7) is 15.6. The van der Waals surface area contributed by atoms with Crippen LogP contribution in [0.25, 0.3) is 0 Å². The van der Waals surface area contributed by atoms with Crippen molar-refractivity contribution < 1.29 is 14.0 Å². The number of carbonyl (C=O) groups is 2. The average molecular weight is 409 g/mol. The number of nitrogens with zero attached hydrogens (tertiary/aromatic N) is 2. The van der Waals surface area contributed by atoms with Crippen LogP contribution in [0.4, 0.5) is 4.39 Å². The molecule has 0 aliphatic heterocycles. The van der Waals surface area contributed by atoms with Crippen molar-refractivity contribution >= 4 is 28.9 Å². The second-order valence-corrected chi connectivity index (χ2v) is 9.40. The minimum absolute atomic E-state index is 0.0226. The molecule has 0 spiro atoms. The van der Waals surface area contributed by atoms with Crippen molar-refractivity contribution in [2.24, 2.45) is 21.2 Å². The van der Waals surface area contributed by atoms with Gasteiger partial charge >= 0.3 is 0 Å². The lowest BCUT2D eigenvalue weighted by molar-refractivity contribution is -0.124. The number of allylic oxidation sites excluding steroid dienone is 5. The van der Waals surface area contributed by atoms with Crippen molar-refractivity contribution in [3.05, 3.63) is 35.7 Å². The SMILES string of the molecule is C=C/C(=N\C#N)C(C)(C)C/C=C(\Cl)C(=O)C(C)(C)C/C=C(\F)C(=O)C(C)(C)C. The van der Waals surface area contributed by atoms with Crippen molar-refractivity contribution in [3.8, 4) is 6.19 Å². The van der Waals surface area contributed by atoms with Gasteiger partial charge in [-0.1, -0.05) is 72.7 Å². The molecule has 0 aromatic rings. The standard InChI is InChI=1S/C22H30ClFN2O2/c1-9-17(26-14-25)21(5,6)12-10-15(23)18(27)22(7,8)13-11-16(24)19(28)20(2,3)4/h9-11H,1,12-13H2,2-8H3/b15-10-,16-11-,26-17+. The molecule has 0 aliphatic carbocycles. The van der Waals surface area contributed by atoms with Gasteiger partial charge in [-0.25, -0.2) is 4.39 Å². The molecule has 0 rings (SSSR count). The number of ketones is 2. The van der Waals surface area contributed by atoms with E-state index in [4.69, 9.17) is 16.9 Å². The van der Waals surface area contributed by atoms with Gasteiger partial charge in [-0.3, -0.25) is 9.59 Å². The largest absolute Gasteiger partial charge is 0.293 e. The Kier molecular flexibility index (Phi) is 9.20. The number of Topliss-reactive ketones (excluding diaryl/α,β-unsaturated/α-hetero) is 2. The molecule has 0 radical (unpaired) electrons. The van der Waals surface area contributed by atoms with Gasteiger partial charge in [0.1, 0.15) is 0 Å². The molecule has 0 unspecified atom stereocenters. The molecule has 0 amide bonds. The van der Waals surface area contributed by atoms with Crippen LogP contribution in [0.15, 0.2) is 40.7 Å². The first-order valence-corrected chi connectivity index (χ1v) is 9.38. The fraction of sp³-hybridized carbons (Fsp3) is 0.545. The summed E-state index contributed by atoms with van der Waals surface area (Å²) in [5.74, 6) is -1.81.